The van der Waals surface area contributed by atoms with Crippen LogP contribution in [0.2, 0.25) is 10.0 Å². The fourth-order valence-corrected chi connectivity index (χ4v) is 1.92. The zero-order valence-corrected chi connectivity index (χ0v) is 9.37. The van der Waals surface area contributed by atoms with E-state index in [2.05, 4.69) is 0 Å². The SMILES string of the molecule is Cc1cc(O)c(C(C)C)c(Cl)c1Cl. The lowest BCUT2D eigenvalue weighted by molar-refractivity contribution is 0.464. The van der Waals surface area contributed by atoms with Gasteiger partial charge in [0.25, 0.3) is 0 Å². The summed E-state index contributed by atoms with van der Waals surface area (Å²) in [4.78, 5) is 0. The Bertz CT molecular complexity index is 332. The Morgan fingerprint density at radius 3 is 2.23 bits per heavy atom. The Balaban J connectivity index is 3.44. The summed E-state index contributed by atoms with van der Waals surface area (Å²) in [7, 11) is 0. The first kappa shape index (κ1) is 10.7. The van der Waals surface area contributed by atoms with E-state index in [0.29, 0.717) is 10.0 Å². The van der Waals surface area contributed by atoms with Gasteiger partial charge in [0.05, 0.1) is 10.0 Å². The van der Waals surface area contributed by atoms with Crippen molar-refractivity contribution in [1.29, 1.82) is 0 Å². The second kappa shape index (κ2) is 3.77. The molecule has 1 aromatic carbocycles. The van der Waals surface area contributed by atoms with Crippen molar-refractivity contribution in [3.8, 4) is 5.75 Å². The standard InChI is InChI=1S/C10H12Cl2O/c1-5(2)8-7(13)4-6(3)9(11)10(8)12/h4-5,13H,1-3H3. The van der Waals surface area contributed by atoms with Gasteiger partial charge in [0.15, 0.2) is 0 Å². The van der Waals surface area contributed by atoms with Gasteiger partial charge in [-0.25, -0.2) is 0 Å². The Labute approximate surface area is 88.3 Å². The van der Waals surface area contributed by atoms with Crippen LogP contribution in [0.25, 0.3) is 0 Å². The Morgan fingerprint density at radius 2 is 1.77 bits per heavy atom. The fraction of sp³-hybridized carbons (Fsp3) is 0.400. The van der Waals surface area contributed by atoms with Gasteiger partial charge in [-0.2, -0.15) is 0 Å². The molecule has 0 spiro atoms. The smallest absolute Gasteiger partial charge is 0.120 e. The summed E-state index contributed by atoms with van der Waals surface area (Å²) in [6.45, 7) is 5.75. The Hall–Kier alpha value is -0.400. The molecule has 0 radical (unpaired) electrons. The van der Waals surface area contributed by atoms with E-state index >= 15 is 0 Å². The number of halogens is 2. The molecule has 0 saturated carbocycles. The summed E-state index contributed by atoms with van der Waals surface area (Å²) in [5, 5.41) is 10.6. The number of hydrogen-bond donors (Lipinski definition) is 1. The largest absolute Gasteiger partial charge is 0.508 e. The van der Waals surface area contributed by atoms with Gasteiger partial charge in [0.1, 0.15) is 5.75 Å². The van der Waals surface area contributed by atoms with Crippen molar-refractivity contribution in [2.24, 2.45) is 0 Å². The zero-order valence-electron chi connectivity index (χ0n) is 7.86. The molecule has 0 amide bonds. The highest BCUT2D eigenvalue weighted by Crippen LogP contribution is 2.39. The molecular weight excluding hydrogens is 207 g/mol. The van der Waals surface area contributed by atoms with Crippen LogP contribution in [-0.4, -0.2) is 5.11 Å². The predicted octanol–water partition coefficient (Wildman–Crippen LogP) is 4.13. The van der Waals surface area contributed by atoms with Crippen LogP contribution in [0.5, 0.6) is 5.75 Å². The van der Waals surface area contributed by atoms with Crippen LogP contribution < -0.4 is 0 Å². The third-order valence-electron chi connectivity index (χ3n) is 1.98. The first-order valence-corrected chi connectivity index (χ1v) is 4.88. The van der Waals surface area contributed by atoms with Crippen molar-refractivity contribution in [3.63, 3.8) is 0 Å². The van der Waals surface area contributed by atoms with Crippen LogP contribution in [0.1, 0.15) is 30.9 Å². The maximum Gasteiger partial charge on any atom is 0.120 e. The normalized spacial score (nSPS) is 10.9. The van der Waals surface area contributed by atoms with Crippen molar-refractivity contribution in [3.05, 3.63) is 27.2 Å². The molecule has 0 aliphatic rings. The van der Waals surface area contributed by atoms with Crippen LogP contribution >= 0.6 is 23.2 Å². The molecule has 13 heavy (non-hydrogen) atoms. The van der Waals surface area contributed by atoms with E-state index in [0.717, 1.165) is 11.1 Å². The third-order valence-corrected chi connectivity index (χ3v) is 2.96. The molecule has 0 bridgehead atoms. The minimum Gasteiger partial charge on any atom is -0.508 e. The average Bonchev–Trinajstić information content (AvgIpc) is 1.99. The maximum absolute atomic E-state index is 9.62. The van der Waals surface area contributed by atoms with Crippen molar-refractivity contribution >= 4 is 23.2 Å². The van der Waals surface area contributed by atoms with E-state index in [1.165, 1.54) is 0 Å². The van der Waals surface area contributed by atoms with Gasteiger partial charge in [0.2, 0.25) is 0 Å². The summed E-state index contributed by atoms with van der Waals surface area (Å²) in [5.74, 6) is 0.396. The van der Waals surface area contributed by atoms with E-state index < -0.39 is 0 Å². The van der Waals surface area contributed by atoms with E-state index in [9.17, 15) is 5.11 Å². The summed E-state index contributed by atoms with van der Waals surface area (Å²) >= 11 is 12.0. The molecule has 1 N–H and O–H groups in total. The molecule has 0 saturated heterocycles. The summed E-state index contributed by atoms with van der Waals surface area (Å²) in [5.41, 5.74) is 1.52. The summed E-state index contributed by atoms with van der Waals surface area (Å²) < 4.78 is 0. The van der Waals surface area contributed by atoms with Crippen molar-refractivity contribution in [2.75, 3.05) is 0 Å². The molecule has 0 atom stereocenters. The van der Waals surface area contributed by atoms with Gasteiger partial charge in [-0.1, -0.05) is 37.0 Å². The number of aromatic hydroxyl groups is 1. The molecule has 3 heteroatoms. The van der Waals surface area contributed by atoms with Crippen molar-refractivity contribution < 1.29 is 5.11 Å². The van der Waals surface area contributed by atoms with Gasteiger partial charge in [-0.05, 0) is 24.5 Å². The van der Waals surface area contributed by atoms with Crippen LogP contribution in [0, 0.1) is 6.92 Å². The molecular formula is C10H12Cl2O. The van der Waals surface area contributed by atoms with Gasteiger partial charge in [0, 0.05) is 5.56 Å². The summed E-state index contributed by atoms with van der Waals surface area (Å²) in [6.07, 6.45) is 0. The Kier molecular flexibility index (Phi) is 3.09. The van der Waals surface area contributed by atoms with Crippen LogP contribution in [0.3, 0.4) is 0 Å². The molecule has 1 aromatic rings. The minimum atomic E-state index is 0.172. The quantitative estimate of drug-likeness (QED) is 0.752. The number of phenols is 1. The highest BCUT2D eigenvalue weighted by atomic mass is 35.5. The number of phenolic OH excluding ortho intramolecular Hbond substituents is 1. The fourth-order valence-electron chi connectivity index (χ4n) is 1.30. The van der Waals surface area contributed by atoms with E-state index in [1.807, 2.05) is 20.8 Å². The number of rotatable bonds is 1. The molecule has 0 heterocycles. The second-order valence-corrected chi connectivity index (χ2v) is 4.16. The van der Waals surface area contributed by atoms with E-state index in [1.54, 1.807) is 6.07 Å². The molecule has 72 valence electrons. The lowest BCUT2D eigenvalue weighted by atomic mass is 10.0. The van der Waals surface area contributed by atoms with Crippen LogP contribution in [0.4, 0.5) is 0 Å². The van der Waals surface area contributed by atoms with Crippen molar-refractivity contribution in [2.45, 2.75) is 26.7 Å². The third kappa shape index (κ3) is 1.92. The summed E-state index contributed by atoms with van der Waals surface area (Å²) in [6, 6.07) is 1.64. The first-order valence-electron chi connectivity index (χ1n) is 4.12. The first-order chi connectivity index (χ1) is 5.95. The monoisotopic (exact) mass is 218 g/mol. The van der Waals surface area contributed by atoms with Crippen LogP contribution in [0.15, 0.2) is 6.07 Å². The maximum atomic E-state index is 9.62. The molecule has 1 nitrogen and oxygen atoms in total. The lowest BCUT2D eigenvalue weighted by Crippen LogP contribution is -1.92. The zero-order chi connectivity index (χ0) is 10.2. The highest BCUT2D eigenvalue weighted by molar-refractivity contribution is 6.43. The van der Waals surface area contributed by atoms with Crippen LogP contribution in [-0.2, 0) is 0 Å². The lowest BCUT2D eigenvalue weighted by Gasteiger charge is -2.13. The van der Waals surface area contributed by atoms with Gasteiger partial charge >= 0.3 is 0 Å². The van der Waals surface area contributed by atoms with Crippen molar-refractivity contribution in [1.82, 2.24) is 0 Å². The average molecular weight is 219 g/mol. The van der Waals surface area contributed by atoms with Gasteiger partial charge in [-0.3, -0.25) is 0 Å². The number of aryl methyl sites for hydroxylation is 1. The highest BCUT2D eigenvalue weighted by Gasteiger charge is 2.15. The molecule has 1 rings (SSSR count). The molecule has 0 fully saturated rings. The van der Waals surface area contributed by atoms with Gasteiger partial charge in [-0.15, -0.1) is 0 Å². The molecule has 0 aliphatic heterocycles. The minimum absolute atomic E-state index is 0.172. The second-order valence-electron chi connectivity index (χ2n) is 3.41. The molecule has 0 unspecified atom stereocenters. The number of hydrogen-bond acceptors (Lipinski definition) is 1. The Morgan fingerprint density at radius 1 is 1.23 bits per heavy atom. The van der Waals surface area contributed by atoms with Gasteiger partial charge < -0.3 is 5.11 Å². The molecule has 0 aliphatic carbocycles. The predicted molar refractivity (Wildman–Crippen MR) is 57.0 cm³/mol. The topological polar surface area (TPSA) is 20.2 Å². The van der Waals surface area contributed by atoms with E-state index in [-0.39, 0.29) is 11.7 Å². The molecule has 0 aromatic heterocycles. The number of benzene rings is 1. The van der Waals surface area contributed by atoms with E-state index in [4.69, 9.17) is 23.2 Å².